The minimum atomic E-state index is -0.429. The molecule has 0 saturated carbocycles. The zero-order valence-electron chi connectivity index (χ0n) is 13.7. The van der Waals surface area contributed by atoms with Crippen molar-refractivity contribution in [3.63, 3.8) is 0 Å². The molecule has 2 N–H and O–H groups in total. The summed E-state index contributed by atoms with van der Waals surface area (Å²) < 4.78 is 11.6. The average Bonchev–Trinajstić information content (AvgIpc) is 2.91. The van der Waals surface area contributed by atoms with Crippen LogP contribution in [-0.4, -0.2) is 22.7 Å². The highest BCUT2D eigenvalue weighted by Crippen LogP contribution is 2.28. The van der Waals surface area contributed by atoms with E-state index < -0.39 is 5.76 Å². The molecule has 0 saturated heterocycles. The average molecular weight is 342 g/mol. The molecule has 0 bridgehead atoms. The monoisotopic (exact) mass is 342 g/mol. The molecular weight excluding hydrogens is 324 g/mol. The lowest BCUT2D eigenvalue weighted by molar-refractivity contribution is -0.116. The van der Waals surface area contributed by atoms with Gasteiger partial charge in [0.15, 0.2) is 17.1 Å². The number of carbonyl (C=O) groups is 1. The van der Waals surface area contributed by atoms with Crippen LogP contribution in [0.25, 0.3) is 11.1 Å². The van der Waals surface area contributed by atoms with Crippen molar-refractivity contribution in [2.75, 3.05) is 12.4 Å². The number of methoxy groups -OCH3 is 1. The molecule has 0 spiro atoms. The predicted molar refractivity (Wildman–Crippen MR) is 93.0 cm³/mol. The SMILES string of the molecule is COc1ccc(NC(=O)CCCn2c(=O)oc3ccccc32)cc1O. The van der Waals surface area contributed by atoms with Crippen molar-refractivity contribution >= 4 is 22.7 Å². The van der Waals surface area contributed by atoms with E-state index in [0.29, 0.717) is 35.5 Å². The minimum Gasteiger partial charge on any atom is -0.504 e. The van der Waals surface area contributed by atoms with Crippen LogP contribution in [0.4, 0.5) is 5.69 Å². The first-order chi connectivity index (χ1) is 12.1. The number of carbonyl (C=O) groups excluding carboxylic acids is 1. The standard InChI is InChI=1S/C18H18N2O5/c1-24-16-9-8-12(11-14(16)21)19-17(22)7-4-10-20-13-5-2-3-6-15(13)25-18(20)23/h2-3,5-6,8-9,11,21H,4,7,10H2,1H3,(H,19,22). The first-order valence-electron chi connectivity index (χ1n) is 7.83. The smallest absolute Gasteiger partial charge is 0.419 e. The second-order valence-corrected chi connectivity index (χ2v) is 5.53. The molecule has 0 aliphatic heterocycles. The summed E-state index contributed by atoms with van der Waals surface area (Å²) in [6, 6.07) is 11.8. The molecule has 0 aliphatic rings. The fraction of sp³-hybridized carbons (Fsp3) is 0.222. The van der Waals surface area contributed by atoms with E-state index in [9.17, 15) is 14.7 Å². The number of nitrogens with one attached hydrogen (secondary N) is 1. The maximum absolute atomic E-state index is 12.0. The van der Waals surface area contributed by atoms with Crippen LogP contribution in [0.3, 0.4) is 0 Å². The van der Waals surface area contributed by atoms with Crippen LogP contribution in [0.5, 0.6) is 11.5 Å². The number of fused-ring (bicyclic) bond motifs is 1. The van der Waals surface area contributed by atoms with E-state index in [4.69, 9.17) is 9.15 Å². The Kier molecular flexibility index (Phi) is 4.74. The summed E-state index contributed by atoms with van der Waals surface area (Å²) in [6.07, 6.45) is 0.718. The van der Waals surface area contributed by atoms with E-state index in [-0.39, 0.29) is 18.1 Å². The molecule has 0 radical (unpaired) electrons. The van der Waals surface area contributed by atoms with Crippen molar-refractivity contribution in [1.29, 1.82) is 0 Å². The molecule has 3 aromatic rings. The van der Waals surface area contributed by atoms with Crippen molar-refractivity contribution in [2.45, 2.75) is 19.4 Å². The quantitative estimate of drug-likeness (QED) is 0.718. The number of nitrogens with zero attached hydrogens (tertiary/aromatic N) is 1. The molecule has 7 heteroatoms. The Morgan fingerprint density at radius 3 is 2.84 bits per heavy atom. The number of para-hydroxylation sites is 2. The number of oxazole rings is 1. The van der Waals surface area contributed by atoms with Crippen molar-refractivity contribution < 1.29 is 19.1 Å². The molecule has 1 amide bonds. The molecule has 2 aromatic carbocycles. The summed E-state index contributed by atoms with van der Waals surface area (Å²) >= 11 is 0. The number of aromatic nitrogens is 1. The number of aromatic hydroxyl groups is 1. The summed E-state index contributed by atoms with van der Waals surface area (Å²) in [5.41, 5.74) is 1.73. The van der Waals surface area contributed by atoms with E-state index in [0.717, 1.165) is 0 Å². The van der Waals surface area contributed by atoms with Gasteiger partial charge in [-0.25, -0.2) is 4.79 Å². The third kappa shape index (κ3) is 3.65. The van der Waals surface area contributed by atoms with Crippen LogP contribution >= 0.6 is 0 Å². The maximum atomic E-state index is 12.0. The van der Waals surface area contributed by atoms with E-state index >= 15 is 0 Å². The zero-order chi connectivity index (χ0) is 17.8. The molecule has 0 atom stereocenters. The topological polar surface area (TPSA) is 93.7 Å². The van der Waals surface area contributed by atoms with Gasteiger partial charge in [-0.1, -0.05) is 12.1 Å². The van der Waals surface area contributed by atoms with Gasteiger partial charge in [0.1, 0.15) is 0 Å². The number of benzene rings is 2. The summed E-state index contributed by atoms with van der Waals surface area (Å²) in [4.78, 5) is 23.9. The van der Waals surface area contributed by atoms with E-state index in [2.05, 4.69) is 5.32 Å². The van der Waals surface area contributed by atoms with Gasteiger partial charge in [0.2, 0.25) is 5.91 Å². The van der Waals surface area contributed by atoms with E-state index in [1.807, 2.05) is 6.07 Å². The number of amides is 1. The molecule has 0 aliphatic carbocycles. The Morgan fingerprint density at radius 2 is 2.08 bits per heavy atom. The van der Waals surface area contributed by atoms with Crippen LogP contribution in [-0.2, 0) is 11.3 Å². The Hall–Kier alpha value is -3.22. The van der Waals surface area contributed by atoms with Crippen LogP contribution in [0.15, 0.2) is 51.7 Å². The first kappa shape index (κ1) is 16.6. The number of aryl methyl sites for hydroxylation is 1. The Bertz CT molecular complexity index is 957. The Labute approximate surface area is 143 Å². The van der Waals surface area contributed by atoms with Crippen LogP contribution in [0, 0.1) is 0 Å². The fourth-order valence-electron chi connectivity index (χ4n) is 2.61. The third-order valence-corrected chi connectivity index (χ3v) is 3.82. The lowest BCUT2D eigenvalue weighted by Gasteiger charge is -2.08. The molecule has 0 fully saturated rings. The lowest BCUT2D eigenvalue weighted by atomic mass is 10.2. The summed E-state index contributed by atoms with van der Waals surface area (Å²) in [5, 5.41) is 12.4. The highest BCUT2D eigenvalue weighted by Gasteiger charge is 2.10. The summed E-state index contributed by atoms with van der Waals surface area (Å²) in [5.74, 6) is -0.340. The predicted octanol–water partition coefficient (Wildman–Crippen LogP) is 2.73. The van der Waals surface area contributed by atoms with Crippen LogP contribution in [0.2, 0.25) is 0 Å². The van der Waals surface area contributed by atoms with E-state index in [1.165, 1.54) is 17.7 Å². The second-order valence-electron chi connectivity index (χ2n) is 5.53. The van der Waals surface area contributed by atoms with Crippen LogP contribution in [0.1, 0.15) is 12.8 Å². The number of anilines is 1. The van der Waals surface area contributed by atoms with Gasteiger partial charge in [0.05, 0.1) is 12.6 Å². The van der Waals surface area contributed by atoms with Gasteiger partial charge >= 0.3 is 5.76 Å². The van der Waals surface area contributed by atoms with E-state index in [1.54, 1.807) is 30.3 Å². The first-order valence-corrected chi connectivity index (χ1v) is 7.83. The molecule has 3 rings (SSSR count). The molecule has 1 heterocycles. The fourth-order valence-corrected chi connectivity index (χ4v) is 2.61. The summed E-state index contributed by atoms with van der Waals surface area (Å²) in [6.45, 7) is 0.386. The second kappa shape index (κ2) is 7.12. The summed E-state index contributed by atoms with van der Waals surface area (Å²) in [7, 11) is 1.45. The number of hydrogen-bond acceptors (Lipinski definition) is 5. The number of ether oxygens (including phenoxy) is 1. The Balaban J connectivity index is 1.58. The molecule has 130 valence electrons. The minimum absolute atomic E-state index is 0.0447. The maximum Gasteiger partial charge on any atom is 0.419 e. The van der Waals surface area contributed by atoms with Gasteiger partial charge in [-0.15, -0.1) is 0 Å². The number of phenols is 1. The largest absolute Gasteiger partial charge is 0.504 e. The molecular formula is C18H18N2O5. The van der Waals surface area contributed by atoms with Gasteiger partial charge in [-0.3, -0.25) is 9.36 Å². The van der Waals surface area contributed by atoms with Gasteiger partial charge < -0.3 is 19.6 Å². The third-order valence-electron chi connectivity index (χ3n) is 3.82. The van der Waals surface area contributed by atoms with Crippen molar-refractivity contribution in [1.82, 2.24) is 4.57 Å². The van der Waals surface area contributed by atoms with Crippen molar-refractivity contribution in [3.05, 3.63) is 53.0 Å². The number of rotatable bonds is 6. The van der Waals surface area contributed by atoms with Crippen LogP contribution < -0.4 is 15.8 Å². The van der Waals surface area contributed by atoms with Crippen molar-refractivity contribution in [2.24, 2.45) is 0 Å². The molecule has 1 aromatic heterocycles. The van der Waals surface area contributed by atoms with Gasteiger partial charge in [-0.05, 0) is 30.7 Å². The molecule has 25 heavy (non-hydrogen) atoms. The number of hydrogen-bond donors (Lipinski definition) is 2. The van der Waals surface area contributed by atoms with Gasteiger partial charge in [-0.2, -0.15) is 0 Å². The molecule has 7 nitrogen and oxygen atoms in total. The lowest BCUT2D eigenvalue weighted by Crippen LogP contribution is -2.17. The van der Waals surface area contributed by atoms with Gasteiger partial charge in [0.25, 0.3) is 0 Å². The zero-order valence-corrected chi connectivity index (χ0v) is 13.7. The molecule has 0 unspecified atom stereocenters. The van der Waals surface area contributed by atoms with Gasteiger partial charge in [0, 0.05) is 24.7 Å². The van der Waals surface area contributed by atoms with Crippen molar-refractivity contribution in [3.8, 4) is 11.5 Å². The highest BCUT2D eigenvalue weighted by molar-refractivity contribution is 5.91. The highest BCUT2D eigenvalue weighted by atomic mass is 16.5. The Morgan fingerprint density at radius 1 is 1.28 bits per heavy atom. The number of phenolic OH excluding ortho intramolecular Hbond substituents is 1. The normalized spacial score (nSPS) is 10.8.